The monoisotopic (exact) mass is 187 g/mol. The molecule has 0 bridgehead atoms. The largest absolute Gasteiger partial charge is 0.464 e. The third-order valence-corrected chi connectivity index (χ3v) is 1.28. The smallest absolute Gasteiger partial charge is 0.336 e. The first-order chi connectivity index (χ1) is 5.99. The zero-order chi connectivity index (χ0) is 10.4. The van der Waals surface area contributed by atoms with Gasteiger partial charge in [-0.15, -0.1) is 0 Å². The van der Waals surface area contributed by atoms with E-state index < -0.39 is 23.7 Å². The van der Waals surface area contributed by atoms with Crippen molar-refractivity contribution in [2.24, 2.45) is 0 Å². The Morgan fingerprint density at radius 3 is 2.15 bits per heavy atom. The fourth-order valence-corrected chi connectivity index (χ4v) is 0.755. The van der Waals surface area contributed by atoms with Gasteiger partial charge < -0.3 is 10.1 Å². The molecule has 0 saturated heterocycles. The minimum absolute atomic E-state index is 0.183. The Bertz CT molecular complexity index is 224. The highest BCUT2D eigenvalue weighted by Gasteiger charge is 2.24. The van der Waals surface area contributed by atoms with Crippen molar-refractivity contribution in [1.29, 1.82) is 0 Å². The van der Waals surface area contributed by atoms with Gasteiger partial charge in [-0.1, -0.05) is 0 Å². The highest BCUT2D eigenvalue weighted by atomic mass is 16.5. The third-order valence-electron chi connectivity index (χ3n) is 1.28. The van der Waals surface area contributed by atoms with Gasteiger partial charge in [0.05, 0.1) is 6.61 Å². The molecule has 1 amide bonds. The lowest BCUT2D eigenvalue weighted by molar-refractivity contribution is -0.150. The van der Waals surface area contributed by atoms with Crippen LogP contribution in [0.2, 0.25) is 0 Å². The number of hydrogen-bond acceptors (Lipinski definition) is 4. The predicted molar refractivity (Wildman–Crippen MR) is 44.9 cm³/mol. The molecular weight excluding hydrogens is 174 g/mol. The standard InChI is InChI=1S/C8H13NO4/c1-4-13-8(12)7(5(2)10)9-6(3)11/h7H,4H2,1-3H3,(H,9,11)/t7-/m0/s1. The molecule has 0 aromatic heterocycles. The van der Waals surface area contributed by atoms with Crippen LogP contribution >= 0.6 is 0 Å². The van der Waals surface area contributed by atoms with Gasteiger partial charge in [-0.25, -0.2) is 4.79 Å². The average Bonchev–Trinajstić information content (AvgIpc) is 1.99. The molecule has 5 heteroatoms. The summed E-state index contributed by atoms with van der Waals surface area (Å²) in [5.74, 6) is -1.59. The normalized spacial score (nSPS) is 11.6. The summed E-state index contributed by atoms with van der Waals surface area (Å²) in [5, 5.41) is 2.20. The SMILES string of the molecule is CCOC(=O)[C@@H](NC(C)=O)C(C)=O. The lowest BCUT2D eigenvalue weighted by Crippen LogP contribution is -2.45. The molecule has 0 radical (unpaired) electrons. The number of esters is 1. The number of carbonyl (C=O) groups is 3. The molecule has 0 saturated carbocycles. The maximum absolute atomic E-state index is 11.1. The highest BCUT2D eigenvalue weighted by molar-refractivity contribution is 6.04. The molecule has 0 fully saturated rings. The first-order valence-electron chi connectivity index (χ1n) is 3.93. The Morgan fingerprint density at radius 1 is 1.31 bits per heavy atom. The van der Waals surface area contributed by atoms with Crippen LogP contribution in [0.15, 0.2) is 0 Å². The first-order valence-corrected chi connectivity index (χ1v) is 3.93. The second kappa shape index (κ2) is 5.29. The summed E-state index contributed by atoms with van der Waals surface area (Å²) < 4.78 is 4.59. The summed E-state index contributed by atoms with van der Waals surface area (Å²) in [6, 6.07) is -1.17. The molecule has 0 aliphatic rings. The molecule has 1 N–H and O–H groups in total. The average molecular weight is 187 g/mol. The van der Waals surface area contributed by atoms with Crippen molar-refractivity contribution in [3.05, 3.63) is 0 Å². The molecule has 1 atom stereocenters. The second-order valence-corrected chi connectivity index (χ2v) is 2.50. The van der Waals surface area contributed by atoms with E-state index in [1.54, 1.807) is 6.92 Å². The summed E-state index contributed by atoms with van der Waals surface area (Å²) in [6.07, 6.45) is 0. The van der Waals surface area contributed by atoms with E-state index in [-0.39, 0.29) is 6.61 Å². The molecule has 5 nitrogen and oxygen atoms in total. The van der Waals surface area contributed by atoms with Crippen molar-refractivity contribution in [2.45, 2.75) is 26.8 Å². The fourth-order valence-electron chi connectivity index (χ4n) is 0.755. The number of carbonyl (C=O) groups excluding carboxylic acids is 3. The van der Waals surface area contributed by atoms with Crippen molar-refractivity contribution in [3.8, 4) is 0 Å². The van der Waals surface area contributed by atoms with Gasteiger partial charge >= 0.3 is 5.97 Å². The summed E-state index contributed by atoms with van der Waals surface area (Å²) in [4.78, 5) is 32.5. The first kappa shape index (κ1) is 11.6. The highest BCUT2D eigenvalue weighted by Crippen LogP contribution is 1.91. The van der Waals surface area contributed by atoms with Crippen molar-refractivity contribution in [1.82, 2.24) is 5.32 Å². The van der Waals surface area contributed by atoms with Crippen molar-refractivity contribution < 1.29 is 19.1 Å². The number of hydrogen-bond donors (Lipinski definition) is 1. The number of Topliss-reactive ketones (excluding diaryl/α,β-unsaturated/α-hetero) is 1. The van der Waals surface area contributed by atoms with Crippen molar-refractivity contribution in [2.75, 3.05) is 6.61 Å². The Kier molecular flexibility index (Phi) is 4.72. The molecule has 0 unspecified atom stereocenters. The Balaban J connectivity index is 4.32. The van der Waals surface area contributed by atoms with Crippen LogP contribution in [-0.4, -0.2) is 30.3 Å². The minimum Gasteiger partial charge on any atom is -0.464 e. The minimum atomic E-state index is -1.17. The van der Waals surface area contributed by atoms with Gasteiger partial charge in [-0.3, -0.25) is 9.59 Å². The van der Waals surface area contributed by atoms with E-state index in [4.69, 9.17) is 0 Å². The number of ether oxygens (including phenoxy) is 1. The van der Waals surface area contributed by atoms with Gasteiger partial charge in [0.1, 0.15) is 0 Å². The maximum Gasteiger partial charge on any atom is 0.336 e. The molecular formula is C8H13NO4. The quantitative estimate of drug-likeness (QED) is 0.482. The molecule has 0 aliphatic carbocycles. The Hall–Kier alpha value is -1.39. The van der Waals surface area contributed by atoms with Crippen LogP contribution in [0.3, 0.4) is 0 Å². The Morgan fingerprint density at radius 2 is 1.85 bits per heavy atom. The van der Waals surface area contributed by atoms with Crippen LogP contribution in [0.4, 0.5) is 0 Å². The van der Waals surface area contributed by atoms with Gasteiger partial charge in [0.2, 0.25) is 5.91 Å². The molecule has 74 valence electrons. The van der Waals surface area contributed by atoms with Crippen LogP contribution in [0.1, 0.15) is 20.8 Å². The molecule has 0 aliphatic heterocycles. The van der Waals surface area contributed by atoms with E-state index in [9.17, 15) is 14.4 Å². The lowest BCUT2D eigenvalue weighted by Gasteiger charge is -2.12. The molecule has 0 spiro atoms. The summed E-state index contributed by atoms with van der Waals surface area (Å²) in [7, 11) is 0. The fraction of sp³-hybridized carbons (Fsp3) is 0.625. The van der Waals surface area contributed by atoms with Crippen LogP contribution in [-0.2, 0) is 19.1 Å². The maximum atomic E-state index is 11.1. The molecule has 0 aromatic carbocycles. The van der Waals surface area contributed by atoms with E-state index in [2.05, 4.69) is 10.1 Å². The molecule has 0 aromatic rings. The zero-order valence-corrected chi connectivity index (χ0v) is 7.92. The van der Waals surface area contributed by atoms with Crippen molar-refractivity contribution >= 4 is 17.7 Å². The number of rotatable bonds is 4. The van der Waals surface area contributed by atoms with Crippen LogP contribution in [0, 0.1) is 0 Å². The number of amides is 1. The summed E-state index contributed by atoms with van der Waals surface area (Å²) >= 11 is 0. The van der Waals surface area contributed by atoms with E-state index in [0.29, 0.717) is 0 Å². The zero-order valence-electron chi connectivity index (χ0n) is 7.92. The van der Waals surface area contributed by atoms with Gasteiger partial charge in [0.15, 0.2) is 11.8 Å². The topological polar surface area (TPSA) is 72.5 Å². The summed E-state index contributed by atoms with van der Waals surface area (Å²) in [5.41, 5.74) is 0. The molecule has 13 heavy (non-hydrogen) atoms. The van der Waals surface area contributed by atoms with Gasteiger partial charge in [0, 0.05) is 6.92 Å². The van der Waals surface area contributed by atoms with Gasteiger partial charge in [0.25, 0.3) is 0 Å². The number of nitrogens with one attached hydrogen (secondary N) is 1. The molecule has 0 heterocycles. The second-order valence-electron chi connectivity index (χ2n) is 2.50. The number of ketones is 1. The predicted octanol–water partition coefficient (Wildman–Crippen LogP) is -0.357. The molecule has 0 rings (SSSR count). The van der Waals surface area contributed by atoms with Gasteiger partial charge in [-0.2, -0.15) is 0 Å². The van der Waals surface area contributed by atoms with Crippen molar-refractivity contribution in [3.63, 3.8) is 0 Å². The van der Waals surface area contributed by atoms with E-state index in [1.807, 2.05) is 0 Å². The van der Waals surface area contributed by atoms with E-state index in [1.165, 1.54) is 13.8 Å². The van der Waals surface area contributed by atoms with Crippen LogP contribution < -0.4 is 5.32 Å². The van der Waals surface area contributed by atoms with Crippen LogP contribution in [0.25, 0.3) is 0 Å². The lowest BCUT2D eigenvalue weighted by atomic mass is 10.2. The van der Waals surface area contributed by atoms with Crippen LogP contribution in [0.5, 0.6) is 0 Å². The third kappa shape index (κ3) is 4.25. The van der Waals surface area contributed by atoms with E-state index in [0.717, 1.165) is 0 Å². The Labute approximate surface area is 76.4 Å². The van der Waals surface area contributed by atoms with E-state index >= 15 is 0 Å². The van der Waals surface area contributed by atoms with Gasteiger partial charge in [-0.05, 0) is 13.8 Å². The summed E-state index contributed by atoms with van der Waals surface area (Å²) in [6.45, 7) is 4.26.